The molecule has 1 N–H and O–H groups in total. The van der Waals surface area contributed by atoms with Crippen LogP contribution in [0.1, 0.15) is 19.8 Å². The van der Waals surface area contributed by atoms with Crippen molar-refractivity contribution in [2.24, 2.45) is 5.92 Å². The Hall–Kier alpha value is -1.57. The molecule has 0 heterocycles. The predicted molar refractivity (Wildman–Crippen MR) is 66.4 cm³/mol. The standard InChI is InChI=1S/C12H19F3N2O3/c1-5-6-9(10(18)17(3)20-4)7-8(2)16-11(19)12(13,14)15/h5,8-9H,1,6-7H2,2-4H3,(H,16,19)/t8-,9+/m0/s1. The van der Waals surface area contributed by atoms with Gasteiger partial charge in [-0.1, -0.05) is 6.08 Å². The molecule has 0 rings (SSSR count). The maximum atomic E-state index is 12.1. The third kappa shape index (κ3) is 6.05. The van der Waals surface area contributed by atoms with Gasteiger partial charge >= 0.3 is 12.1 Å². The number of carbonyl (C=O) groups excluding carboxylic acids is 2. The van der Waals surface area contributed by atoms with E-state index in [1.807, 2.05) is 5.32 Å². The Balaban J connectivity index is 4.63. The topological polar surface area (TPSA) is 58.6 Å². The number of nitrogens with zero attached hydrogens (tertiary/aromatic N) is 1. The van der Waals surface area contributed by atoms with Gasteiger partial charge in [0.15, 0.2) is 0 Å². The number of halogens is 3. The molecule has 0 saturated carbocycles. The molecule has 2 amide bonds. The zero-order valence-corrected chi connectivity index (χ0v) is 11.7. The summed E-state index contributed by atoms with van der Waals surface area (Å²) in [6, 6.07) is -0.803. The zero-order chi connectivity index (χ0) is 15.9. The van der Waals surface area contributed by atoms with Crippen LogP contribution >= 0.6 is 0 Å². The van der Waals surface area contributed by atoms with Gasteiger partial charge in [0, 0.05) is 19.0 Å². The maximum absolute atomic E-state index is 12.1. The Morgan fingerprint density at radius 2 is 2.00 bits per heavy atom. The van der Waals surface area contributed by atoms with Gasteiger partial charge in [0.2, 0.25) is 5.91 Å². The summed E-state index contributed by atoms with van der Waals surface area (Å²) >= 11 is 0. The lowest BCUT2D eigenvalue weighted by Gasteiger charge is -2.24. The smallest absolute Gasteiger partial charge is 0.346 e. The summed E-state index contributed by atoms with van der Waals surface area (Å²) in [6.07, 6.45) is -3.11. The highest BCUT2D eigenvalue weighted by molar-refractivity contribution is 5.82. The van der Waals surface area contributed by atoms with E-state index in [0.29, 0.717) is 0 Å². The third-order valence-corrected chi connectivity index (χ3v) is 2.66. The molecule has 2 atom stereocenters. The number of carbonyl (C=O) groups is 2. The first-order valence-electron chi connectivity index (χ1n) is 5.93. The molecule has 0 bridgehead atoms. The molecule has 116 valence electrons. The van der Waals surface area contributed by atoms with Gasteiger partial charge in [-0.15, -0.1) is 6.58 Å². The first-order chi connectivity index (χ1) is 9.13. The molecule has 0 aliphatic heterocycles. The van der Waals surface area contributed by atoms with Gasteiger partial charge < -0.3 is 5.32 Å². The van der Waals surface area contributed by atoms with Crippen molar-refractivity contribution in [2.75, 3.05) is 14.2 Å². The first kappa shape index (κ1) is 18.4. The number of hydroxylamine groups is 2. The summed E-state index contributed by atoms with van der Waals surface area (Å²) in [7, 11) is 2.70. The average Bonchev–Trinajstić information content (AvgIpc) is 2.35. The van der Waals surface area contributed by atoms with Crippen LogP contribution in [0.15, 0.2) is 12.7 Å². The molecule has 0 aromatic carbocycles. The predicted octanol–water partition coefficient (Wildman–Crippen LogP) is 1.66. The largest absolute Gasteiger partial charge is 0.471 e. The number of rotatable bonds is 7. The van der Waals surface area contributed by atoms with Crippen molar-refractivity contribution >= 4 is 11.8 Å². The van der Waals surface area contributed by atoms with Gasteiger partial charge in [-0.3, -0.25) is 14.4 Å². The second-order valence-electron chi connectivity index (χ2n) is 4.35. The fourth-order valence-corrected chi connectivity index (χ4v) is 1.64. The van der Waals surface area contributed by atoms with E-state index in [2.05, 4.69) is 6.58 Å². The number of amides is 2. The first-order valence-corrected chi connectivity index (χ1v) is 5.93. The van der Waals surface area contributed by atoms with Crippen molar-refractivity contribution in [3.8, 4) is 0 Å². The van der Waals surface area contributed by atoms with Crippen LogP contribution in [-0.4, -0.2) is 43.3 Å². The van der Waals surface area contributed by atoms with Gasteiger partial charge in [-0.2, -0.15) is 13.2 Å². The summed E-state index contributed by atoms with van der Waals surface area (Å²) in [4.78, 5) is 27.4. The minimum atomic E-state index is -4.93. The molecule has 0 saturated heterocycles. The summed E-state index contributed by atoms with van der Waals surface area (Å²) in [6.45, 7) is 4.90. The minimum absolute atomic E-state index is 0.0559. The summed E-state index contributed by atoms with van der Waals surface area (Å²) in [5.41, 5.74) is 0. The second-order valence-corrected chi connectivity index (χ2v) is 4.35. The molecule has 0 spiro atoms. The van der Waals surface area contributed by atoms with Crippen LogP contribution in [0.3, 0.4) is 0 Å². The molecule has 8 heteroatoms. The quantitative estimate of drug-likeness (QED) is 0.574. The Kier molecular flexibility index (Phi) is 7.26. The van der Waals surface area contributed by atoms with Crippen molar-refractivity contribution in [3.05, 3.63) is 12.7 Å². The molecule has 5 nitrogen and oxygen atoms in total. The summed E-state index contributed by atoms with van der Waals surface area (Å²) < 4.78 is 36.3. The monoisotopic (exact) mass is 296 g/mol. The molecule has 0 aromatic heterocycles. The SMILES string of the molecule is C=CC[C@H](C[C@H](C)NC(=O)C(F)(F)F)C(=O)N(C)OC. The molecule has 20 heavy (non-hydrogen) atoms. The highest BCUT2D eigenvalue weighted by Gasteiger charge is 2.39. The van der Waals surface area contributed by atoms with E-state index in [0.717, 1.165) is 5.06 Å². The van der Waals surface area contributed by atoms with Gasteiger partial charge in [-0.05, 0) is 19.8 Å². The zero-order valence-electron chi connectivity index (χ0n) is 11.7. The van der Waals surface area contributed by atoms with Crippen LogP contribution < -0.4 is 5.32 Å². The number of allylic oxidation sites excluding steroid dienone is 1. The molecule has 0 aliphatic rings. The van der Waals surface area contributed by atoms with Crippen LogP contribution in [-0.2, 0) is 14.4 Å². The van der Waals surface area contributed by atoms with Crippen LogP contribution in [0.5, 0.6) is 0 Å². The Labute approximate surface area is 115 Å². The van der Waals surface area contributed by atoms with Gasteiger partial charge in [0.1, 0.15) is 0 Å². The highest BCUT2D eigenvalue weighted by Crippen LogP contribution is 2.18. The Morgan fingerprint density at radius 3 is 2.40 bits per heavy atom. The Morgan fingerprint density at radius 1 is 1.45 bits per heavy atom. The maximum Gasteiger partial charge on any atom is 0.471 e. The van der Waals surface area contributed by atoms with Gasteiger partial charge in [-0.25, -0.2) is 5.06 Å². The highest BCUT2D eigenvalue weighted by atomic mass is 19.4. The number of hydrogen-bond acceptors (Lipinski definition) is 3. The summed E-state index contributed by atoms with van der Waals surface area (Å²) in [5.74, 6) is -3.02. The van der Waals surface area contributed by atoms with E-state index < -0.39 is 24.0 Å². The van der Waals surface area contributed by atoms with Crippen LogP contribution in [0.4, 0.5) is 13.2 Å². The van der Waals surface area contributed by atoms with E-state index in [1.54, 1.807) is 0 Å². The lowest BCUT2D eigenvalue weighted by Crippen LogP contribution is -2.44. The van der Waals surface area contributed by atoms with E-state index in [9.17, 15) is 22.8 Å². The number of nitrogens with one attached hydrogen (secondary N) is 1. The molecule has 0 unspecified atom stereocenters. The summed E-state index contributed by atoms with van der Waals surface area (Å²) in [5, 5.41) is 2.80. The van der Waals surface area contributed by atoms with Crippen LogP contribution in [0.2, 0.25) is 0 Å². The van der Waals surface area contributed by atoms with Crippen molar-refractivity contribution < 1.29 is 27.6 Å². The van der Waals surface area contributed by atoms with Crippen LogP contribution in [0.25, 0.3) is 0 Å². The van der Waals surface area contributed by atoms with Crippen molar-refractivity contribution in [3.63, 3.8) is 0 Å². The lowest BCUT2D eigenvalue weighted by molar-refractivity contribution is -0.176. The Bertz CT molecular complexity index is 358. The lowest BCUT2D eigenvalue weighted by atomic mass is 9.96. The molecular weight excluding hydrogens is 277 g/mol. The van der Waals surface area contributed by atoms with E-state index in [4.69, 9.17) is 4.84 Å². The fourth-order valence-electron chi connectivity index (χ4n) is 1.64. The molecule has 0 fully saturated rings. The minimum Gasteiger partial charge on any atom is -0.346 e. The van der Waals surface area contributed by atoms with E-state index >= 15 is 0 Å². The third-order valence-electron chi connectivity index (χ3n) is 2.66. The number of hydrogen-bond donors (Lipinski definition) is 1. The second kappa shape index (κ2) is 7.88. The van der Waals surface area contributed by atoms with Crippen molar-refractivity contribution in [2.45, 2.75) is 32.0 Å². The normalized spacial score (nSPS) is 14.3. The van der Waals surface area contributed by atoms with Gasteiger partial charge in [0.05, 0.1) is 7.11 Å². The van der Waals surface area contributed by atoms with E-state index in [-0.39, 0.29) is 18.7 Å². The van der Waals surface area contributed by atoms with Crippen LogP contribution in [0, 0.1) is 5.92 Å². The fraction of sp³-hybridized carbons (Fsp3) is 0.667. The van der Waals surface area contributed by atoms with Gasteiger partial charge in [0.25, 0.3) is 0 Å². The molecular formula is C12H19F3N2O3. The molecule has 0 aromatic rings. The van der Waals surface area contributed by atoms with E-state index in [1.165, 1.54) is 27.2 Å². The van der Waals surface area contributed by atoms with Crippen molar-refractivity contribution in [1.82, 2.24) is 10.4 Å². The van der Waals surface area contributed by atoms with Crippen molar-refractivity contribution in [1.29, 1.82) is 0 Å². The number of alkyl halides is 3. The molecule has 0 radical (unpaired) electrons. The average molecular weight is 296 g/mol. The molecule has 0 aliphatic carbocycles.